The van der Waals surface area contributed by atoms with E-state index in [1.54, 1.807) is 0 Å². The van der Waals surface area contributed by atoms with E-state index in [1.807, 2.05) is 30.3 Å². The summed E-state index contributed by atoms with van der Waals surface area (Å²) in [4.78, 5) is 15.3. The smallest absolute Gasteiger partial charge is 0.336 e. The first kappa shape index (κ1) is 10.5. The van der Waals surface area contributed by atoms with Crippen molar-refractivity contribution in [1.82, 2.24) is 15.2 Å². The molecule has 0 aliphatic carbocycles. The van der Waals surface area contributed by atoms with E-state index in [4.69, 9.17) is 0 Å². The molecule has 2 N–H and O–H groups in total. The molecule has 5 nitrogen and oxygen atoms in total. The highest BCUT2D eigenvalue weighted by molar-refractivity contribution is 6.07. The lowest BCUT2D eigenvalue weighted by molar-refractivity contribution is 0.0699. The first-order valence-electron chi connectivity index (χ1n) is 5.39. The number of aromatic nitrogens is 3. The van der Waals surface area contributed by atoms with E-state index < -0.39 is 5.97 Å². The number of nitrogens with one attached hydrogen (secondary N) is 1. The number of nitrogens with zero attached hydrogens (tertiary/aromatic N) is 2. The minimum Gasteiger partial charge on any atom is -0.478 e. The largest absolute Gasteiger partial charge is 0.478 e. The van der Waals surface area contributed by atoms with Gasteiger partial charge in [0.25, 0.3) is 0 Å². The zero-order chi connectivity index (χ0) is 12.5. The Hall–Kier alpha value is -2.69. The summed E-state index contributed by atoms with van der Waals surface area (Å²) in [5, 5.41) is 16.7. The van der Waals surface area contributed by atoms with Crippen LogP contribution in [0.5, 0.6) is 0 Å². The normalized spacial score (nSPS) is 10.7. The predicted octanol–water partition coefficient (Wildman–Crippen LogP) is 2.32. The molecular weight excluding hydrogens is 230 g/mol. The van der Waals surface area contributed by atoms with Crippen LogP contribution in [0.2, 0.25) is 0 Å². The number of aromatic carboxylic acids is 1. The lowest BCUT2D eigenvalue weighted by Crippen LogP contribution is -1.98. The SMILES string of the molecule is O=C(O)c1ccnc2[nH]nc(-c3ccccc3)c12. The van der Waals surface area contributed by atoms with Crippen molar-refractivity contribution in [2.75, 3.05) is 0 Å². The predicted molar refractivity (Wildman–Crippen MR) is 66.3 cm³/mol. The van der Waals surface area contributed by atoms with E-state index in [1.165, 1.54) is 12.3 Å². The van der Waals surface area contributed by atoms with E-state index in [9.17, 15) is 9.90 Å². The molecule has 0 spiro atoms. The van der Waals surface area contributed by atoms with Crippen LogP contribution in [-0.2, 0) is 0 Å². The second-order valence-electron chi connectivity index (χ2n) is 3.83. The van der Waals surface area contributed by atoms with Crippen LogP contribution in [-0.4, -0.2) is 26.3 Å². The minimum absolute atomic E-state index is 0.201. The highest BCUT2D eigenvalue weighted by atomic mass is 16.4. The summed E-state index contributed by atoms with van der Waals surface area (Å²) in [5.74, 6) is -0.985. The van der Waals surface area contributed by atoms with Crippen LogP contribution >= 0.6 is 0 Å². The fourth-order valence-corrected chi connectivity index (χ4v) is 1.93. The molecule has 0 radical (unpaired) electrons. The Bertz CT molecular complexity index is 719. The maximum absolute atomic E-state index is 11.2. The van der Waals surface area contributed by atoms with Crippen molar-refractivity contribution >= 4 is 17.0 Å². The van der Waals surface area contributed by atoms with Crippen LogP contribution in [0.25, 0.3) is 22.3 Å². The molecule has 1 aromatic carbocycles. The maximum atomic E-state index is 11.2. The monoisotopic (exact) mass is 239 g/mol. The van der Waals surface area contributed by atoms with Gasteiger partial charge >= 0.3 is 5.97 Å². The van der Waals surface area contributed by atoms with E-state index >= 15 is 0 Å². The average Bonchev–Trinajstić information content (AvgIpc) is 2.83. The second kappa shape index (κ2) is 3.96. The van der Waals surface area contributed by atoms with Crippen molar-refractivity contribution in [3.8, 4) is 11.3 Å². The van der Waals surface area contributed by atoms with Crippen LogP contribution < -0.4 is 0 Å². The van der Waals surface area contributed by atoms with Gasteiger partial charge in [-0.1, -0.05) is 30.3 Å². The number of carboxylic acids is 1. The van der Waals surface area contributed by atoms with Gasteiger partial charge in [0.1, 0.15) is 5.69 Å². The van der Waals surface area contributed by atoms with Crippen molar-refractivity contribution in [3.05, 3.63) is 48.2 Å². The molecule has 88 valence electrons. The van der Waals surface area contributed by atoms with Crippen molar-refractivity contribution in [1.29, 1.82) is 0 Å². The summed E-state index contributed by atoms with van der Waals surface area (Å²) < 4.78 is 0. The van der Waals surface area contributed by atoms with Gasteiger partial charge in [0.15, 0.2) is 5.65 Å². The molecule has 0 bridgehead atoms. The number of aromatic amines is 1. The first-order valence-corrected chi connectivity index (χ1v) is 5.39. The molecule has 0 saturated carbocycles. The first-order chi connectivity index (χ1) is 8.77. The molecule has 2 heterocycles. The molecule has 0 unspecified atom stereocenters. The van der Waals surface area contributed by atoms with Crippen LogP contribution in [0.4, 0.5) is 0 Å². The number of benzene rings is 1. The van der Waals surface area contributed by atoms with Crippen LogP contribution in [0.15, 0.2) is 42.6 Å². The Morgan fingerprint density at radius 3 is 2.67 bits per heavy atom. The van der Waals surface area contributed by atoms with Gasteiger partial charge in [-0.2, -0.15) is 5.10 Å². The minimum atomic E-state index is -0.985. The topological polar surface area (TPSA) is 78.9 Å². The van der Waals surface area contributed by atoms with E-state index in [-0.39, 0.29) is 5.56 Å². The van der Waals surface area contributed by atoms with Crippen LogP contribution in [0.3, 0.4) is 0 Å². The van der Waals surface area contributed by atoms with Gasteiger partial charge in [0.2, 0.25) is 0 Å². The molecule has 0 aliphatic rings. The molecule has 0 fully saturated rings. The number of carbonyl (C=O) groups is 1. The van der Waals surface area contributed by atoms with Crippen molar-refractivity contribution in [2.45, 2.75) is 0 Å². The zero-order valence-electron chi connectivity index (χ0n) is 9.29. The molecule has 2 aromatic heterocycles. The van der Waals surface area contributed by atoms with Crippen LogP contribution in [0.1, 0.15) is 10.4 Å². The van der Waals surface area contributed by atoms with Gasteiger partial charge in [-0.05, 0) is 6.07 Å². The van der Waals surface area contributed by atoms with Gasteiger partial charge in [-0.25, -0.2) is 9.78 Å². The van der Waals surface area contributed by atoms with Crippen molar-refractivity contribution in [3.63, 3.8) is 0 Å². The third-order valence-electron chi connectivity index (χ3n) is 2.74. The molecule has 0 atom stereocenters. The Kier molecular flexibility index (Phi) is 2.30. The van der Waals surface area contributed by atoms with E-state index in [2.05, 4.69) is 15.2 Å². The standard InChI is InChI=1S/C13H9N3O2/c17-13(18)9-6-7-14-12-10(9)11(15-16-12)8-4-2-1-3-5-8/h1-7H,(H,17,18)(H,14,15,16). The lowest BCUT2D eigenvalue weighted by atomic mass is 10.1. The molecule has 3 rings (SSSR count). The number of rotatable bonds is 2. The molecule has 0 saturated heterocycles. The average molecular weight is 239 g/mol. The van der Waals surface area contributed by atoms with Gasteiger partial charge < -0.3 is 5.11 Å². The number of fused-ring (bicyclic) bond motifs is 1. The quantitative estimate of drug-likeness (QED) is 0.719. The van der Waals surface area contributed by atoms with Crippen LogP contribution in [0, 0.1) is 0 Å². The highest BCUT2D eigenvalue weighted by Gasteiger charge is 2.16. The molecule has 5 heteroatoms. The van der Waals surface area contributed by atoms with E-state index in [0.717, 1.165) is 5.56 Å². The Morgan fingerprint density at radius 2 is 1.94 bits per heavy atom. The third-order valence-corrected chi connectivity index (χ3v) is 2.74. The number of H-pyrrole nitrogens is 1. The summed E-state index contributed by atoms with van der Waals surface area (Å²) in [7, 11) is 0. The van der Waals surface area contributed by atoms with E-state index in [0.29, 0.717) is 16.7 Å². The zero-order valence-corrected chi connectivity index (χ0v) is 9.29. The van der Waals surface area contributed by atoms with Crippen molar-refractivity contribution in [2.24, 2.45) is 0 Å². The third kappa shape index (κ3) is 1.53. The summed E-state index contributed by atoms with van der Waals surface area (Å²) in [6.45, 7) is 0. The summed E-state index contributed by atoms with van der Waals surface area (Å²) >= 11 is 0. The molecular formula is C13H9N3O2. The molecule has 18 heavy (non-hydrogen) atoms. The summed E-state index contributed by atoms with van der Waals surface area (Å²) in [5.41, 5.74) is 2.15. The van der Waals surface area contributed by atoms with Gasteiger partial charge in [0, 0.05) is 11.8 Å². The molecule has 0 aliphatic heterocycles. The number of pyridine rings is 1. The lowest BCUT2D eigenvalue weighted by Gasteiger charge is -2.00. The Morgan fingerprint density at radius 1 is 1.17 bits per heavy atom. The second-order valence-corrected chi connectivity index (χ2v) is 3.83. The number of hydrogen-bond acceptors (Lipinski definition) is 3. The molecule has 0 amide bonds. The fourth-order valence-electron chi connectivity index (χ4n) is 1.93. The fraction of sp³-hybridized carbons (Fsp3) is 0. The summed E-state index contributed by atoms with van der Waals surface area (Å²) in [6, 6.07) is 10.9. The number of carboxylic acid groups (broad SMARTS) is 1. The van der Waals surface area contributed by atoms with Gasteiger partial charge in [-0.3, -0.25) is 5.10 Å². The maximum Gasteiger partial charge on any atom is 0.336 e. The molecule has 3 aromatic rings. The van der Waals surface area contributed by atoms with Gasteiger partial charge in [0.05, 0.1) is 10.9 Å². The van der Waals surface area contributed by atoms with Crippen molar-refractivity contribution < 1.29 is 9.90 Å². The Balaban J connectivity index is 2.35. The highest BCUT2D eigenvalue weighted by Crippen LogP contribution is 2.27. The number of hydrogen-bond donors (Lipinski definition) is 2. The summed E-state index contributed by atoms with van der Waals surface area (Å²) in [6.07, 6.45) is 1.46. The van der Waals surface area contributed by atoms with Gasteiger partial charge in [-0.15, -0.1) is 0 Å². The Labute approximate surface area is 102 Å².